The van der Waals surface area contributed by atoms with Crippen molar-refractivity contribution in [3.8, 4) is 11.8 Å². The second-order valence-electron chi connectivity index (χ2n) is 3.96. The van der Waals surface area contributed by atoms with Gasteiger partial charge in [0.1, 0.15) is 11.8 Å². The molecule has 0 bridgehead atoms. The first-order valence-corrected chi connectivity index (χ1v) is 5.38. The molecule has 2 unspecified atom stereocenters. The highest BCUT2D eigenvalue weighted by molar-refractivity contribution is 5.98. The second-order valence-corrected chi connectivity index (χ2v) is 3.96. The van der Waals surface area contributed by atoms with Crippen molar-refractivity contribution in [1.82, 2.24) is 0 Å². The number of hydrogen-bond donors (Lipinski definition) is 2. The van der Waals surface area contributed by atoms with E-state index in [4.69, 9.17) is 10.00 Å². The minimum Gasteiger partial charge on any atom is -0.479 e. The Balaban J connectivity index is 2.23. The fraction of sp³-hybridized carbons (Fsp3) is 0.333. The molecular formula is C12H13N3O2. The van der Waals surface area contributed by atoms with Crippen LogP contribution in [-0.4, -0.2) is 18.1 Å². The highest BCUT2D eigenvalue weighted by Gasteiger charge is 2.23. The Labute approximate surface area is 99.4 Å². The lowest BCUT2D eigenvalue weighted by atomic mass is 10.2. The summed E-state index contributed by atoms with van der Waals surface area (Å²) < 4.78 is 5.43. The summed E-state index contributed by atoms with van der Waals surface area (Å²) in [6.45, 7) is 3.46. The lowest BCUT2D eigenvalue weighted by Gasteiger charge is -2.24. The van der Waals surface area contributed by atoms with Crippen LogP contribution < -0.4 is 15.4 Å². The number of anilines is 2. The summed E-state index contributed by atoms with van der Waals surface area (Å²) in [5, 5.41) is 14.5. The zero-order valence-corrected chi connectivity index (χ0v) is 9.65. The monoisotopic (exact) mass is 231 g/mol. The van der Waals surface area contributed by atoms with Crippen molar-refractivity contribution in [2.75, 3.05) is 10.6 Å². The summed E-state index contributed by atoms with van der Waals surface area (Å²) >= 11 is 0. The van der Waals surface area contributed by atoms with Gasteiger partial charge < -0.3 is 15.4 Å². The molecule has 0 radical (unpaired) electrons. The third-order valence-electron chi connectivity index (χ3n) is 2.49. The van der Waals surface area contributed by atoms with Gasteiger partial charge in [0, 0.05) is 5.69 Å². The number of ether oxygens (including phenoxy) is 1. The maximum Gasteiger partial charge on any atom is 0.265 e. The summed E-state index contributed by atoms with van der Waals surface area (Å²) in [7, 11) is 0. The van der Waals surface area contributed by atoms with Crippen LogP contribution in [0.5, 0.6) is 5.75 Å². The number of carbonyl (C=O) groups excluding carboxylic acids is 1. The van der Waals surface area contributed by atoms with Crippen LogP contribution in [0.15, 0.2) is 18.2 Å². The number of nitriles is 1. The molecule has 0 saturated carbocycles. The van der Waals surface area contributed by atoms with Gasteiger partial charge in [0.15, 0.2) is 6.10 Å². The van der Waals surface area contributed by atoms with Crippen molar-refractivity contribution in [2.45, 2.75) is 26.0 Å². The molecule has 1 heterocycles. The highest BCUT2D eigenvalue weighted by atomic mass is 16.5. The van der Waals surface area contributed by atoms with Crippen LogP contribution in [0.4, 0.5) is 11.4 Å². The molecule has 5 heteroatoms. The van der Waals surface area contributed by atoms with Gasteiger partial charge in [-0.25, -0.2) is 0 Å². The average molecular weight is 231 g/mol. The van der Waals surface area contributed by atoms with Crippen LogP contribution in [0.3, 0.4) is 0 Å². The van der Waals surface area contributed by atoms with Gasteiger partial charge in [-0.15, -0.1) is 0 Å². The van der Waals surface area contributed by atoms with Gasteiger partial charge in [-0.2, -0.15) is 5.26 Å². The molecule has 1 aliphatic rings. The molecule has 0 aliphatic carbocycles. The molecule has 2 atom stereocenters. The van der Waals surface area contributed by atoms with Crippen molar-refractivity contribution in [3.63, 3.8) is 0 Å². The maximum atomic E-state index is 11.4. The zero-order chi connectivity index (χ0) is 12.4. The Hall–Kier alpha value is -2.22. The van der Waals surface area contributed by atoms with Crippen molar-refractivity contribution in [1.29, 1.82) is 5.26 Å². The molecule has 0 saturated heterocycles. The van der Waals surface area contributed by atoms with Crippen LogP contribution in [0, 0.1) is 11.3 Å². The molecule has 88 valence electrons. The Morgan fingerprint density at radius 2 is 2.35 bits per heavy atom. The molecule has 1 amide bonds. The first-order valence-electron chi connectivity index (χ1n) is 5.38. The Kier molecular flexibility index (Phi) is 2.88. The van der Waals surface area contributed by atoms with Gasteiger partial charge in [-0.05, 0) is 32.0 Å². The smallest absolute Gasteiger partial charge is 0.265 e. The quantitative estimate of drug-likeness (QED) is 0.812. The third kappa shape index (κ3) is 2.31. The number of hydrogen-bond acceptors (Lipinski definition) is 4. The van der Waals surface area contributed by atoms with E-state index in [9.17, 15) is 4.79 Å². The number of carbonyl (C=O) groups is 1. The first kappa shape index (κ1) is 11.3. The van der Waals surface area contributed by atoms with Crippen molar-refractivity contribution < 1.29 is 9.53 Å². The number of nitrogens with one attached hydrogen (secondary N) is 2. The summed E-state index contributed by atoms with van der Waals surface area (Å²) in [6.07, 6.45) is -0.473. The average Bonchev–Trinajstić information content (AvgIpc) is 2.31. The molecule has 0 fully saturated rings. The number of rotatable bonds is 2. The fourth-order valence-corrected chi connectivity index (χ4v) is 1.58. The molecule has 5 nitrogen and oxygen atoms in total. The van der Waals surface area contributed by atoms with Gasteiger partial charge in [0.25, 0.3) is 5.91 Å². The van der Waals surface area contributed by atoms with Crippen LogP contribution in [0.2, 0.25) is 0 Å². The number of fused-ring (bicyclic) bond motifs is 1. The molecule has 1 aromatic carbocycles. The van der Waals surface area contributed by atoms with E-state index in [1.807, 2.05) is 6.07 Å². The van der Waals surface area contributed by atoms with E-state index in [-0.39, 0.29) is 11.9 Å². The standard InChI is InChI=1S/C12H13N3O2/c1-7(6-13)14-9-3-4-11-10(5-9)15-12(16)8(2)17-11/h3-5,7-8,14H,1-2H3,(H,15,16). The van der Waals surface area contributed by atoms with E-state index in [0.29, 0.717) is 11.4 Å². The molecule has 0 aromatic heterocycles. The van der Waals surface area contributed by atoms with Crippen molar-refractivity contribution in [2.24, 2.45) is 0 Å². The van der Waals surface area contributed by atoms with Crippen molar-refractivity contribution >= 4 is 17.3 Å². The molecule has 2 N–H and O–H groups in total. The molecule has 2 rings (SSSR count). The predicted octanol–water partition coefficient (Wildman–Crippen LogP) is 1.73. The van der Waals surface area contributed by atoms with Crippen LogP contribution in [0.1, 0.15) is 13.8 Å². The number of amides is 1. The molecule has 17 heavy (non-hydrogen) atoms. The third-order valence-corrected chi connectivity index (χ3v) is 2.49. The second kappa shape index (κ2) is 4.34. The Bertz CT molecular complexity index is 493. The minimum absolute atomic E-state index is 0.164. The summed E-state index contributed by atoms with van der Waals surface area (Å²) in [4.78, 5) is 11.4. The SMILES string of the molecule is CC(C#N)Nc1ccc2c(c1)NC(=O)C(C)O2. The van der Waals surface area contributed by atoms with Crippen molar-refractivity contribution in [3.05, 3.63) is 18.2 Å². The summed E-state index contributed by atoms with van der Waals surface area (Å²) in [5.41, 5.74) is 1.40. The Morgan fingerprint density at radius 3 is 3.06 bits per heavy atom. The van der Waals surface area contributed by atoms with E-state index in [2.05, 4.69) is 16.7 Å². The van der Waals surface area contributed by atoms with E-state index in [0.717, 1.165) is 5.69 Å². The Morgan fingerprint density at radius 1 is 1.59 bits per heavy atom. The largest absolute Gasteiger partial charge is 0.479 e. The van der Waals surface area contributed by atoms with Crippen LogP contribution >= 0.6 is 0 Å². The van der Waals surface area contributed by atoms with Gasteiger partial charge in [0.2, 0.25) is 0 Å². The number of benzene rings is 1. The van der Waals surface area contributed by atoms with Gasteiger partial charge in [-0.3, -0.25) is 4.79 Å². The van der Waals surface area contributed by atoms with Crippen LogP contribution in [-0.2, 0) is 4.79 Å². The van der Waals surface area contributed by atoms with E-state index >= 15 is 0 Å². The van der Waals surface area contributed by atoms with Crippen LogP contribution in [0.25, 0.3) is 0 Å². The molecule has 0 spiro atoms. The fourth-order valence-electron chi connectivity index (χ4n) is 1.58. The minimum atomic E-state index is -0.473. The first-order chi connectivity index (χ1) is 8.10. The predicted molar refractivity (Wildman–Crippen MR) is 63.9 cm³/mol. The normalized spacial score (nSPS) is 19.4. The molecule has 1 aromatic rings. The van der Waals surface area contributed by atoms with Gasteiger partial charge >= 0.3 is 0 Å². The summed E-state index contributed by atoms with van der Waals surface area (Å²) in [5.74, 6) is 0.482. The lowest BCUT2D eigenvalue weighted by molar-refractivity contribution is -0.122. The van der Waals surface area contributed by atoms with E-state index < -0.39 is 6.10 Å². The molecule has 1 aliphatic heterocycles. The van der Waals surface area contributed by atoms with Gasteiger partial charge in [-0.1, -0.05) is 0 Å². The highest BCUT2D eigenvalue weighted by Crippen LogP contribution is 2.32. The van der Waals surface area contributed by atoms with Gasteiger partial charge in [0.05, 0.1) is 11.8 Å². The maximum absolute atomic E-state index is 11.4. The summed E-state index contributed by atoms with van der Waals surface area (Å²) in [6, 6.07) is 7.14. The zero-order valence-electron chi connectivity index (χ0n) is 9.65. The van der Waals surface area contributed by atoms with E-state index in [1.54, 1.807) is 26.0 Å². The lowest BCUT2D eigenvalue weighted by Crippen LogP contribution is -2.34. The molecular weight excluding hydrogens is 218 g/mol. The topological polar surface area (TPSA) is 74.2 Å². The van der Waals surface area contributed by atoms with E-state index in [1.165, 1.54) is 0 Å². The number of nitrogens with zero attached hydrogens (tertiary/aromatic N) is 1.